The van der Waals surface area contributed by atoms with Gasteiger partial charge in [-0.3, -0.25) is 9.88 Å². The summed E-state index contributed by atoms with van der Waals surface area (Å²) in [5.74, 6) is -2.33. The van der Waals surface area contributed by atoms with E-state index in [9.17, 15) is 13.9 Å². The van der Waals surface area contributed by atoms with Crippen LogP contribution in [0.15, 0.2) is 30.5 Å². The van der Waals surface area contributed by atoms with Crippen LogP contribution in [0.3, 0.4) is 0 Å². The molecule has 236 valence electrons. The minimum absolute atomic E-state index is 0.106. The van der Waals surface area contributed by atoms with Crippen molar-refractivity contribution in [1.82, 2.24) is 25.2 Å². The van der Waals surface area contributed by atoms with Crippen molar-refractivity contribution in [2.45, 2.75) is 62.3 Å². The van der Waals surface area contributed by atoms with Crippen molar-refractivity contribution in [3.63, 3.8) is 0 Å². The van der Waals surface area contributed by atoms with Crippen molar-refractivity contribution in [1.29, 1.82) is 0 Å². The van der Waals surface area contributed by atoms with Gasteiger partial charge in [-0.15, -0.1) is 0 Å². The number of phenolic OH excluding ortho intramolecular Hbond substituents is 1. The highest BCUT2D eigenvalue weighted by molar-refractivity contribution is 6.02. The number of alkyl halides is 3. The Labute approximate surface area is 255 Å². The number of halogens is 5. The second kappa shape index (κ2) is 10.6. The number of rotatable bonds is 6. The van der Waals surface area contributed by atoms with E-state index in [1.54, 1.807) is 0 Å². The average Bonchev–Trinajstić information content (AvgIpc) is 3.66. The number of pyridine rings is 1. The number of piperazine rings is 1. The van der Waals surface area contributed by atoms with Crippen LogP contribution in [-0.4, -0.2) is 81.5 Å². The van der Waals surface area contributed by atoms with Gasteiger partial charge in [0.05, 0.1) is 27.7 Å². The first-order chi connectivity index (χ1) is 21.7. The molecule has 0 aliphatic carbocycles. The molecule has 4 saturated heterocycles. The number of aromatic hydroxyl groups is 1. The van der Waals surface area contributed by atoms with Crippen molar-refractivity contribution in [3.8, 4) is 23.0 Å². The summed E-state index contributed by atoms with van der Waals surface area (Å²) in [6, 6.07) is 4.80. The number of ether oxygens (including phenoxy) is 1. The quantitative estimate of drug-likeness (QED) is 0.265. The lowest BCUT2D eigenvalue weighted by atomic mass is 9.95. The van der Waals surface area contributed by atoms with E-state index in [0.717, 1.165) is 44.4 Å². The minimum atomic E-state index is -3.13. The summed E-state index contributed by atoms with van der Waals surface area (Å²) < 4.78 is 80.5. The molecule has 4 atom stereocenters. The Morgan fingerprint density at radius 3 is 2.67 bits per heavy atom. The fourth-order valence-electron chi connectivity index (χ4n) is 7.98. The molecule has 8 rings (SSSR count). The predicted octanol–water partition coefficient (Wildman–Crippen LogP) is 5.66. The molecule has 2 bridgehead atoms. The molecule has 0 spiro atoms. The van der Waals surface area contributed by atoms with E-state index in [-0.39, 0.29) is 63.4 Å². The number of hydrogen-bond acceptors (Lipinski definition) is 8. The molecule has 45 heavy (non-hydrogen) atoms. The first-order valence-corrected chi connectivity index (χ1v) is 15.3. The lowest BCUT2D eigenvalue weighted by Crippen LogP contribution is -2.51. The Bertz CT molecular complexity index is 1810. The third kappa shape index (κ3) is 4.73. The van der Waals surface area contributed by atoms with Crippen molar-refractivity contribution < 1.29 is 31.8 Å². The third-order valence-electron chi connectivity index (χ3n) is 9.95. The van der Waals surface area contributed by atoms with E-state index < -0.39 is 35.3 Å². The van der Waals surface area contributed by atoms with Crippen LogP contribution in [0, 0.1) is 11.6 Å². The highest BCUT2D eigenvalue weighted by Crippen LogP contribution is 2.44. The standard InChI is InChI=1S/C32H31F5N6O2/c33-17-10-32(6-1-7-43(32)12-17)15-45-31-40-28-22(30(41-31)42-13-18-3-4-19(14-42)39-18)11-38-27(25(28)29(36)37)21-9-20(44)8-16-2-5-23(34)26(35)24(16)21/h2,5,8-9,11,17-19,29,39,44H,1,3-4,6-7,10,12-15H2/t17-,18?,19?,32+/m1/s1. The normalized spacial score (nSPS) is 26.4. The van der Waals surface area contributed by atoms with Gasteiger partial charge in [-0.25, -0.2) is 22.0 Å². The summed E-state index contributed by atoms with van der Waals surface area (Å²) >= 11 is 0. The molecule has 2 N–H and O–H groups in total. The van der Waals surface area contributed by atoms with Crippen LogP contribution >= 0.6 is 0 Å². The maximum atomic E-state index is 15.2. The van der Waals surface area contributed by atoms with E-state index in [2.05, 4.69) is 20.2 Å². The molecule has 4 aromatic rings. The number of nitrogens with zero attached hydrogens (tertiary/aromatic N) is 5. The average molecular weight is 627 g/mol. The summed E-state index contributed by atoms with van der Waals surface area (Å²) in [4.78, 5) is 17.7. The zero-order valence-corrected chi connectivity index (χ0v) is 24.2. The van der Waals surface area contributed by atoms with Gasteiger partial charge in [-0.05, 0) is 55.8 Å². The van der Waals surface area contributed by atoms with E-state index in [1.807, 2.05) is 4.90 Å². The van der Waals surface area contributed by atoms with Gasteiger partial charge in [0.15, 0.2) is 11.6 Å². The highest BCUT2D eigenvalue weighted by atomic mass is 19.3. The summed E-state index contributed by atoms with van der Waals surface area (Å²) in [7, 11) is 0. The number of fused-ring (bicyclic) bond motifs is 5. The molecule has 4 aliphatic rings. The second-order valence-electron chi connectivity index (χ2n) is 12.8. The van der Waals surface area contributed by atoms with Crippen LogP contribution in [0.25, 0.3) is 32.9 Å². The van der Waals surface area contributed by atoms with Crippen molar-refractivity contribution >= 4 is 27.5 Å². The van der Waals surface area contributed by atoms with E-state index in [0.29, 0.717) is 31.9 Å². The molecule has 4 fully saturated rings. The topological polar surface area (TPSA) is 86.6 Å². The zero-order valence-electron chi connectivity index (χ0n) is 24.2. The molecule has 4 aliphatic heterocycles. The summed E-state index contributed by atoms with van der Waals surface area (Å²) in [5, 5.41) is 14.1. The number of hydrogen-bond donors (Lipinski definition) is 2. The summed E-state index contributed by atoms with van der Waals surface area (Å²) in [6.07, 6.45) is 1.19. The third-order valence-corrected chi connectivity index (χ3v) is 9.95. The Balaban J connectivity index is 1.31. The Hall–Kier alpha value is -3.84. The number of benzene rings is 2. The fraction of sp³-hybridized carbons (Fsp3) is 0.469. The van der Waals surface area contributed by atoms with Crippen LogP contribution in [0.1, 0.15) is 44.1 Å². The van der Waals surface area contributed by atoms with Gasteiger partial charge in [0.1, 0.15) is 24.3 Å². The van der Waals surface area contributed by atoms with Crippen molar-refractivity contribution in [2.75, 3.05) is 37.7 Å². The maximum Gasteiger partial charge on any atom is 0.319 e. The van der Waals surface area contributed by atoms with E-state index >= 15 is 13.2 Å². The van der Waals surface area contributed by atoms with Crippen LogP contribution in [-0.2, 0) is 0 Å². The van der Waals surface area contributed by atoms with E-state index in [1.165, 1.54) is 18.3 Å². The van der Waals surface area contributed by atoms with Gasteiger partial charge >= 0.3 is 6.01 Å². The molecule has 6 heterocycles. The van der Waals surface area contributed by atoms with Gasteiger partial charge < -0.3 is 20.1 Å². The molecular weight excluding hydrogens is 595 g/mol. The molecular formula is C32H31F5N6O2. The predicted molar refractivity (Wildman–Crippen MR) is 158 cm³/mol. The monoisotopic (exact) mass is 626 g/mol. The Morgan fingerprint density at radius 1 is 1.09 bits per heavy atom. The number of nitrogens with one attached hydrogen (secondary N) is 1. The largest absolute Gasteiger partial charge is 0.508 e. The molecule has 13 heteroatoms. The zero-order chi connectivity index (χ0) is 31.0. The molecule has 2 unspecified atom stereocenters. The summed E-state index contributed by atoms with van der Waals surface area (Å²) in [5.41, 5.74) is -1.79. The highest BCUT2D eigenvalue weighted by Gasteiger charge is 2.49. The fourth-order valence-corrected chi connectivity index (χ4v) is 7.98. The molecule has 0 saturated carbocycles. The van der Waals surface area contributed by atoms with Crippen LogP contribution in [0.2, 0.25) is 0 Å². The molecule has 0 radical (unpaired) electrons. The maximum absolute atomic E-state index is 15.2. The second-order valence-corrected chi connectivity index (χ2v) is 12.8. The first-order valence-electron chi connectivity index (χ1n) is 15.3. The molecule has 2 aromatic carbocycles. The van der Waals surface area contributed by atoms with Crippen LogP contribution < -0.4 is 15.0 Å². The van der Waals surface area contributed by atoms with E-state index in [4.69, 9.17) is 9.72 Å². The van der Waals surface area contributed by atoms with Gasteiger partial charge in [0, 0.05) is 55.3 Å². The molecule has 8 nitrogen and oxygen atoms in total. The van der Waals surface area contributed by atoms with Crippen molar-refractivity contribution in [2.24, 2.45) is 0 Å². The number of phenols is 1. The summed E-state index contributed by atoms with van der Waals surface area (Å²) in [6.45, 7) is 2.38. The van der Waals surface area contributed by atoms with Gasteiger partial charge in [0.2, 0.25) is 0 Å². The SMILES string of the molecule is Oc1cc(-c2ncc3c(N4CC5CCC(C4)N5)nc(OC[C@@]45CCCN4C[C@H](F)C5)nc3c2C(F)F)c2c(F)c(F)ccc2c1. The smallest absolute Gasteiger partial charge is 0.319 e. The minimum Gasteiger partial charge on any atom is -0.508 e. The van der Waals surface area contributed by atoms with Gasteiger partial charge in [0.25, 0.3) is 6.43 Å². The lowest BCUT2D eigenvalue weighted by molar-refractivity contribution is 0.107. The molecule has 0 amide bonds. The number of aromatic nitrogens is 3. The van der Waals surface area contributed by atoms with Crippen molar-refractivity contribution in [3.05, 3.63) is 47.7 Å². The number of anilines is 1. The Morgan fingerprint density at radius 2 is 1.89 bits per heavy atom. The van der Waals surface area contributed by atoms with Gasteiger partial charge in [-0.2, -0.15) is 9.97 Å². The van der Waals surface area contributed by atoms with Crippen LogP contribution in [0.4, 0.5) is 27.8 Å². The lowest BCUT2D eigenvalue weighted by Gasteiger charge is -2.34. The van der Waals surface area contributed by atoms with Gasteiger partial charge in [-0.1, -0.05) is 6.07 Å². The first kappa shape index (κ1) is 28.6. The Kier molecular flexibility index (Phi) is 6.75. The molecule has 2 aromatic heterocycles. The van der Waals surface area contributed by atoms with Crippen LogP contribution in [0.5, 0.6) is 11.8 Å².